The second-order valence-corrected chi connectivity index (χ2v) is 7.20. The summed E-state index contributed by atoms with van der Waals surface area (Å²) in [6.07, 6.45) is 7.52. The summed E-state index contributed by atoms with van der Waals surface area (Å²) >= 11 is 0. The van der Waals surface area contributed by atoms with Gasteiger partial charge >= 0.3 is 6.03 Å². The number of likely N-dealkylation sites (tertiary alicyclic amines) is 1. The molecule has 1 N–H and O–H groups in total. The quantitative estimate of drug-likeness (QED) is 0.805. The molecule has 0 aromatic carbocycles. The number of rotatable bonds is 5. The van der Waals surface area contributed by atoms with Crippen LogP contribution < -0.4 is 5.32 Å². The van der Waals surface area contributed by atoms with Crippen LogP contribution in [-0.4, -0.2) is 62.1 Å². The van der Waals surface area contributed by atoms with Gasteiger partial charge in [0.1, 0.15) is 12.1 Å². The van der Waals surface area contributed by atoms with Crippen LogP contribution in [0.2, 0.25) is 0 Å². The third-order valence-corrected chi connectivity index (χ3v) is 5.19. The Morgan fingerprint density at radius 1 is 1.36 bits per heavy atom. The lowest BCUT2D eigenvalue weighted by atomic mass is 9.98. The molecule has 1 aromatic rings. The van der Waals surface area contributed by atoms with Gasteiger partial charge in [-0.1, -0.05) is 0 Å². The molecule has 1 aromatic heterocycles. The van der Waals surface area contributed by atoms with Crippen LogP contribution in [0, 0.1) is 0 Å². The zero-order valence-corrected chi connectivity index (χ0v) is 14.8. The number of carbonyl (C=O) groups excluding carboxylic acids is 3. The molecule has 3 heterocycles. The molecule has 0 radical (unpaired) electrons. The van der Waals surface area contributed by atoms with Gasteiger partial charge in [-0.15, -0.1) is 0 Å². The molecule has 3 rings (SSSR count). The molecule has 2 aliphatic rings. The molecule has 8 heteroatoms. The van der Waals surface area contributed by atoms with Crippen LogP contribution in [0.5, 0.6) is 0 Å². The molecule has 0 unspecified atom stereocenters. The van der Waals surface area contributed by atoms with Gasteiger partial charge in [-0.3, -0.25) is 19.6 Å². The molecule has 1 atom stereocenters. The molecule has 8 nitrogen and oxygen atoms in total. The number of urea groups is 1. The number of piperidine rings is 1. The number of hydrogen-bond acceptors (Lipinski definition) is 4. The number of amides is 4. The molecule has 2 aliphatic heterocycles. The summed E-state index contributed by atoms with van der Waals surface area (Å²) in [6.45, 7) is 4.71. The third-order valence-electron chi connectivity index (χ3n) is 5.19. The lowest BCUT2D eigenvalue weighted by molar-refractivity contribution is -0.137. The van der Waals surface area contributed by atoms with Gasteiger partial charge in [0, 0.05) is 31.5 Å². The van der Waals surface area contributed by atoms with Crippen molar-refractivity contribution in [3.05, 3.63) is 18.5 Å². The Labute approximate surface area is 147 Å². The van der Waals surface area contributed by atoms with Gasteiger partial charge in [0.25, 0.3) is 5.91 Å². The van der Waals surface area contributed by atoms with E-state index in [1.54, 1.807) is 20.0 Å². The normalized spacial score (nSPS) is 23.0. The fraction of sp³-hybridized carbons (Fsp3) is 0.647. The topological polar surface area (TPSA) is 87.5 Å². The lowest BCUT2D eigenvalue weighted by Gasteiger charge is -2.38. The van der Waals surface area contributed by atoms with E-state index in [4.69, 9.17) is 0 Å². The highest BCUT2D eigenvalue weighted by molar-refractivity contribution is 6.07. The van der Waals surface area contributed by atoms with E-state index in [1.165, 1.54) is 4.90 Å². The largest absolute Gasteiger partial charge is 0.338 e. The summed E-state index contributed by atoms with van der Waals surface area (Å²) in [5.41, 5.74) is -0.993. The number of imide groups is 1. The lowest BCUT2D eigenvalue weighted by Crippen LogP contribution is -2.52. The van der Waals surface area contributed by atoms with Crippen LogP contribution in [0.25, 0.3) is 0 Å². The summed E-state index contributed by atoms with van der Waals surface area (Å²) < 4.78 is 1.87. The highest BCUT2D eigenvalue weighted by Crippen LogP contribution is 2.24. The maximum absolute atomic E-state index is 12.8. The number of aryl methyl sites for hydroxylation is 1. The first-order chi connectivity index (χ1) is 11.9. The van der Waals surface area contributed by atoms with Crippen LogP contribution in [-0.2, 0) is 16.1 Å². The highest BCUT2D eigenvalue weighted by atomic mass is 16.2. The van der Waals surface area contributed by atoms with E-state index in [9.17, 15) is 14.4 Å². The first-order valence-electron chi connectivity index (χ1n) is 8.79. The van der Waals surface area contributed by atoms with Crippen molar-refractivity contribution < 1.29 is 14.4 Å². The maximum atomic E-state index is 12.8. The van der Waals surface area contributed by atoms with Crippen molar-refractivity contribution in [1.82, 2.24) is 24.9 Å². The van der Waals surface area contributed by atoms with Crippen molar-refractivity contribution >= 4 is 17.8 Å². The molecule has 136 valence electrons. The summed E-state index contributed by atoms with van der Waals surface area (Å²) in [7, 11) is 0. The van der Waals surface area contributed by atoms with Crippen LogP contribution in [0.15, 0.2) is 18.5 Å². The van der Waals surface area contributed by atoms with Gasteiger partial charge in [-0.25, -0.2) is 4.79 Å². The molecule has 2 fully saturated rings. The van der Waals surface area contributed by atoms with Crippen LogP contribution in [0.1, 0.15) is 39.5 Å². The smallest absolute Gasteiger partial charge is 0.325 e. The standard InChI is InChI=1S/C17H25N5O3/c1-17(2)15(24)19-16(25)22(17)12-14(23)21-10-4-3-6-13(21)7-11-20-9-5-8-18-20/h5,8-9,13H,3-4,6-7,10-12H2,1-2H3,(H,19,24,25)/t13-/m0/s1. The monoisotopic (exact) mass is 347 g/mol. The summed E-state index contributed by atoms with van der Waals surface area (Å²) in [6, 6.07) is 1.54. The van der Waals surface area contributed by atoms with Crippen LogP contribution in [0.4, 0.5) is 4.79 Å². The summed E-state index contributed by atoms with van der Waals surface area (Å²) in [5.74, 6) is -0.456. The Balaban J connectivity index is 1.64. The molecule has 0 aliphatic carbocycles. The predicted molar refractivity (Wildman–Crippen MR) is 90.5 cm³/mol. The van der Waals surface area contributed by atoms with E-state index in [-0.39, 0.29) is 24.4 Å². The zero-order valence-electron chi connectivity index (χ0n) is 14.8. The molecule has 0 bridgehead atoms. The predicted octanol–water partition coefficient (Wildman–Crippen LogP) is 0.985. The van der Waals surface area contributed by atoms with Gasteiger partial charge in [0.15, 0.2) is 0 Å². The fourth-order valence-electron chi connectivity index (χ4n) is 3.53. The first kappa shape index (κ1) is 17.4. The van der Waals surface area contributed by atoms with E-state index in [0.717, 1.165) is 32.2 Å². The summed E-state index contributed by atoms with van der Waals surface area (Å²) in [5, 5.41) is 6.49. The first-order valence-corrected chi connectivity index (χ1v) is 8.79. The Hall–Kier alpha value is -2.38. The minimum atomic E-state index is -0.993. The van der Waals surface area contributed by atoms with Crippen molar-refractivity contribution in [3.8, 4) is 0 Å². The average molecular weight is 347 g/mol. The highest BCUT2D eigenvalue weighted by Gasteiger charge is 2.46. The van der Waals surface area contributed by atoms with Crippen molar-refractivity contribution in [1.29, 1.82) is 0 Å². The Bertz CT molecular complexity index is 655. The van der Waals surface area contributed by atoms with E-state index >= 15 is 0 Å². The molecular formula is C17H25N5O3. The zero-order chi connectivity index (χ0) is 18.0. The van der Waals surface area contributed by atoms with Gasteiger partial charge in [0.2, 0.25) is 5.91 Å². The number of hydrogen-bond donors (Lipinski definition) is 1. The summed E-state index contributed by atoms with van der Waals surface area (Å²) in [4.78, 5) is 39.9. The Kier molecular flexibility index (Phi) is 4.78. The van der Waals surface area contributed by atoms with Crippen molar-refractivity contribution in [2.45, 2.75) is 57.7 Å². The molecule has 0 saturated carbocycles. The minimum absolute atomic E-state index is 0.0666. The number of nitrogens with zero attached hydrogens (tertiary/aromatic N) is 4. The average Bonchev–Trinajstić information content (AvgIpc) is 3.16. The second kappa shape index (κ2) is 6.85. The van der Waals surface area contributed by atoms with E-state index in [0.29, 0.717) is 6.54 Å². The molecule has 0 spiro atoms. The van der Waals surface area contributed by atoms with Crippen molar-refractivity contribution in [3.63, 3.8) is 0 Å². The SMILES string of the molecule is CC1(C)C(=O)NC(=O)N1CC(=O)N1CCCC[C@H]1CCn1cccn1. The second-order valence-electron chi connectivity index (χ2n) is 7.20. The maximum Gasteiger partial charge on any atom is 0.325 e. The molecular weight excluding hydrogens is 322 g/mol. The van der Waals surface area contributed by atoms with E-state index in [1.807, 2.05) is 21.8 Å². The minimum Gasteiger partial charge on any atom is -0.338 e. The van der Waals surface area contributed by atoms with Crippen molar-refractivity contribution in [2.75, 3.05) is 13.1 Å². The molecule has 4 amide bonds. The molecule has 2 saturated heterocycles. The van der Waals surface area contributed by atoms with Crippen molar-refractivity contribution in [2.24, 2.45) is 0 Å². The van der Waals surface area contributed by atoms with E-state index < -0.39 is 11.6 Å². The van der Waals surface area contributed by atoms with Crippen LogP contribution >= 0.6 is 0 Å². The van der Waals surface area contributed by atoms with Crippen LogP contribution in [0.3, 0.4) is 0 Å². The van der Waals surface area contributed by atoms with E-state index in [2.05, 4.69) is 10.4 Å². The Morgan fingerprint density at radius 3 is 2.80 bits per heavy atom. The van der Waals surface area contributed by atoms with Gasteiger partial charge in [-0.2, -0.15) is 5.10 Å². The fourth-order valence-corrected chi connectivity index (χ4v) is 3.53. The number of aromatic nitrogens is 2. The Morgan fingerprint density at radius 2 is 2.16 bits per heavy atom. The number of nitrogens with one attached hydrogen (secondary N) is 1. The van der Waals surface area contributed by atoms with Gasteiger partial charge < -0.3 is 9.80 Å². The van der Waals surface area contributed by atoms with Gasteiger partial charge in [0.05, 0.1) is 0 Å². The number of carbonyl (C=O) groups is 3. The molecule has 25 heavy (non-hydrogen) atoms. The van der Waals surface area contributed by atoms with Gasteiger partial charge in [-0.05, 0) is 45.6 Å². The third kappa shape index (κ3) is 3.52.